The molecule has 2 aliphatic heterocycles. The van der Waals surface area contributed by atoms with Crippen LogP contribution < -0.4 is 26.4 Å². The van der Waals surface area contributed by atoms with E-state index in [1.54, 1.807) is 5.56 Å². The van der Waals surface area contributed by atoms with Crippen molar-refractivity contribution in [1.29, 1.82) is 0 Å². The number of hydrogen-bond donors (Lipinski definition) is 0. The lowest BCUT2D eigenvalue weighted by molar-refractivity contribution is 0.0990. The molecule has 4 heteroatoms. The summed E-state index contributed by atoms with van der Waals surface area (Å²) in [6, 6.07) is 42.3. The number of furan rings is 1. The number of nitrogens with zero attached hydrogens (tertiary/aromatic N) is 2. The normalized spacial score (nSPS) is 23.4. The van der Waals surface area contributed by atoms with Gasteiger partial charge in [0.25, 0.3) is 6.71 Å². The fourth-order valence-corrected chi connectivity index (χ4v) is 16.3. The summed E-state index contributed by atoms with van der Waals surface area (Å²) in [6.07, 6.45) is 6.09. The minimum Gasteiger partial charge on any atom is -0.468 e. The molecule has 0 radical (unpaired) electrons. The highest BCUT2D eigenvalue weighted by molar-refractivity contribution is 7.00. The van der Waals surface area contributed by atoms with Crippen LogP contribution in [-0.2, 0) is 37.9 Å². The fourth-order valence-electron chi connectivity index (χ4n) is 16.3. The zero-order valence-electron chi connectivity index (χ0n) is 49.8. The smallest absolute Gasteiger partial charge is 0.297 e. The quantitative estimate of drug-likeness (QED) is 0.161. The summed E-state index contributed by atoms with van der Waals surface area (Å²) in [5.41, 5.74) is 26.2. The standard InChI is InChI=1S/C72H85BN2O/c1-64(2,3)42-27-28-54-56(36-42)75(55-26-22-25-51-60(55)48-23-20-21-24-50(48)72(51)41-43-29-30-71(72,19)70(43,17)18)58-38-46(67(10,11)12)37-57-61(58)73(54)63-62(74(57)47-34-44(65(4,5)6)33-45(35-47)66(7,8)9)49-39-52-53(40-59(49)76-63)69(15,16)32-31-68(52,13)14/h20-28,33-40,43H,29-32,41H2,1-19H3. The number of hydrogen-bond acceptors (Lipinski definition) is 3. The second-order valence-corrected chi connectivity index (χ2v) is 31.2. The Morgan fingerprint density at radius 2 is 1.08 bits per heavy atom. The Kier molecular flexibility index (Phi) is 10.0. The molecule has 0 saturated heterocycles. The molecule has 2 saturated carbocycles. The predicted molar refractivity (Wildman–Crippen MR) is 326 cm³/mol. The van der Waals surface area contributed by atoms with Crippen molar-refractivity contribution < 1.29 is 4.42 Å². The Hall–Kier alpha value is -5.48. The minimum absolute atomic E-state index is 0.0262. The van der Waals surface area contributed by atoms with Crippen molar-refractivity contribution >= 4 is 68.4 Å². The van der Waals surface area contributed by atoms with E-state index in [-0.39, 0.29) is 55.4 Å². The van der Waals surface area contributed by atoms with Crippen LogP contribution in [0.25, 0.3) is 22.1 Å². The van der Waals surface area contributed by atoms with Crippen molar-refractivity contribution in [1.82, 2.24) is 0 Å². The van der Waals surface area contributed by atoms with Gasteiger partial charge in [-0.05, 0) is 191 Å². The van der Waals surface area contributed by atoms with Gasteiger partial charge in [-0.15, -0.1) is 0 Å². The van der Waals surface area contributed by atoms with Gasteiger partial charge in [0.1, 0.15) is 5.58 Å². The topological polar surface area (TPSA) is 19.6 Å². The van der Waals surface area contributed by atoms with E-state index in [0.717, 1.165) is 24.1 Å². The molecule has 13 rings (SSSR count). The van der Waals surface area contributed by atoms with Gasteiger partial charge in [0.15, 0.2) is 0 Å². The maximum atomic E-state index is 7.79. The lowest BCUT2D eigenvalue weighted by Crippen LogP contribution is -2.61. The van der Waals surface area contributed by atoms with Gasteiger partial charge in [-0.2, -0.15) is 0 Å². The van der Waals surface area contributed by atoms with Crippen LogP contribution >= 0.6 is 0 Å². The second-order valence-electron chi connectivity index (χ2n) is 31.2. The molecular formula is C72H85BN2O. The SMILES string of the molecule is CC(C)(C)c1cc(N2c3cc(C(C)(C)C)cc4c3B(c3ccc(C(C)(C)C)cc3N4c3cccc4c3-c3ccccc3C43CC4CCC3(C)C4(C)C)c3oc4cc5c(cc4c32)C(C)(C)CCC5(C)C)cc(C(C)(C)C)c1. The van der Waals surface area contributed by atoms with Gasteiger partial charge in [0.2, 0.25) is 0 Å². The molecule has 4 aliphatic carbocycles. The first-order chi connectivity index (χ1) is 35.3. The van der Waals surface area contributed by atoms with Crippen LogP contribution in [0.15, 0.2) is 108 Å². The third kappa shape index (κ3) is 6.54. The van der Waals surface area contributed by atoms with Crippen LogP contribution in [0.1, 0.15) is 208 Å². The predicted octanol–water partition coefficient (Wildman–Crippen LogP) is 18.2. The van der Waals surface area contributed by atoms with E-state index in [4.69, 9.17) is 4.42 Å². The van der Waals surface area contributed by atoms with Crippen molar-refractivity contribution in [2.24, 2.45) is 16.7 Å². The number of fused-ring (bicyclic) bond motifs is 15. The van der Waals surface area contributed by atoms with E-state index < -0.39 is 0 Å². The largest absolute Gasteiger partial charge is 0.468 e. The van der Waals surface area contributed by atoms with Gasteiger partial charge < -0.3 is 14.2 Å². The molecule has 3 heterocycles. The number of benzene rings is 6. The third-order valence-electron chi connectivity index (χ3n) is 21.6. The summed E-state index contributed by atoms with van der Waals surface area (Å²) in [5, 5.41) is 1.21. The molecule has 0 amide bonds. The molecule has 3 unspecified atom stereocenters. The molecule has 0 N–H and O–H groups in total. The van der Waals surface area contributed by atoms with Crippen molar-refractivity contribution in [3.8, 4) is 11.1 Å². The van der Waals surface area contributed by atoms with Crippen molar-refractivity contribution in [2.45, 2.75) is 202 Å². The lowest BCUT2D eigenvalue weighted by atomic mass is 9.35. The minimum atomic E-state index is -0.165. The highest BCUT2D eigenvalue weighted by Crippen LogP contribution is 2.78. The molecule has 2 bridgehead atoms. The van der Waals surface area contributed by atoms with E-state index in [0.29, 0.717) is 5.92 Å². The first-order valence-electron chi connectivity index (χ1n) is 29.2. The first-order valence-corrected chi connectivity index (χ1v) is 29.2. The molecular weight excluding hydrogens is 920 g/mol. The van der Waals surface area contributed by atoms with Gasteiger partial charge in [-0.3, -0.25) is 0 Å². The Morgan fingerprint density at radius 1 is 0.513 bits per heavy atom. The van der Waals surface area contributed by atoms with Gasteiger partial charge in [0, 0.05) is 39.1 Å². The highest BCUT2D eigenvalue weighted by atomic mass is 16.3. The van der Waals surface area contributed by atoms with Crippen molar-refractivity contribution in [2.75, 3.05) is 9.80 Å². The van der Waals surface area contributed by atoms with E-state index in [9.17, 15) is 0 Å². The second kappa shape index (κ2) is 15.2. The maximum absolute atomic E-state index is 7.79. The van der Waals surface area contributed by atoms with Gasteiger partial charge in [-0.1, -0.05) is 186 Å². The maximum Gasteiger partial charge on any atom is 0.297 e. The molecule has 7 aromatic rings. The summed E-state index contributed by atoms with van der Waals surface area (Å²) >= 11 is 0. The zero-order chi connectivity index (χ0) is 54.2. The van der Waals surface area contributed by atoms with Crippen LogP contribution in [0.4, 0.5) is 34.1 Å². The molecule has 1 spiro atoms. The molecule has 76 heavy (non-hydrogen) atoms. The van der Waals surface area contributed by atoms with Crippen molar-refractivity contribution in [3.63, 3.8) is 0 Å². The molecule has 2 fully saturated rings. The molecule has 1 aromatic heterocycles. The summed E-state index contributed by atoms with van der Waals surface area (Å²) in [4.78, 5) is 5.44. The monoisotopic (exact) mass is 1000 g/mol. The summed E-state index contributed by atoms with van der Waals surface area (Å²) < 4.78 is 7.79. The van der Waals surface area contributed by atoms with Crippen LogP contribution in [-0.4, -0.2) is 6.71 Å². The fraction of sp³-hybridized carbons (Fsp3) is 0.472. The van der Waals surface area contributed by atoms with Gasteiger partial charge in [-0.25, -0.2) is 0 Å². The summed E-state index contributed by atoms with van der Waals surface area (Å²) in [5.74, 6) is 0.684. The van der Waals surface area contributed by atoms with Crippen LogP contribution in [0.2, 0.25) is 0 Å². The first kappa shape index (κ1) is 50.1. The summed E-state index contributed by atoms with van der Waals surface area (Å²) in [6.45, 7) is 46.2. The molecule has 3 nitrogen and oxygen atoms in total. The molecule has 392 valence electrons. The van der Waals surface area contributed by atoms with E-state index in [1.807, 2.05) is 0 Å². The molecule has 6 aliphatic rings. The third-order valence-corrected chi connectivity index (χ3v) is 21.6. The van der Waals surface area contributed by atoms with Crippen molar-refractivity contribution in [3.05, 3.63) is 148 Å². The zero-order valence-corrected chi connectivity index (χ0v) is 49.8. The Bertz CT molecular complexity index is 3610. The van der Waals surface area contributed by atoms with E-state index in [2.05, 4.69) is 244 Å². The van der Waals surface area contributed by atoms with Crippen LogP contribution in [0, 0.1) is 16.7 Å². The average Bonchev–Trinajstić information content (AvgIpc) is 4.20. The molecule has 3 atom stereocenters. The molecule has 6 aromatic carbocycles. The van der Waals surface area contributed by atoms with Gasteiger partial charge >= 0.3 is 0 Å². The Labute approximate surface area is 457 Å². The Morgan fingerprint density at radius 3 is 1.67 bits per heavy atom. The lowest BCUT2D eigenvalue weighted by Gasteiger charge is -2.48. The summed E-state index contributed by atoms with van der Waals surface area (Å²) in [7, 11) is 0. The number of rotatable bonds is 2. The Balaban J connectivity index is 1.18. The van der Waals surface area contributed by atoms with E-state index >= 15 is 0 Å². The average molecular weight is 1010 g/mol. The highest BCUT2D eigenvalue weighted by Gasteiger charge is 2.71. The van der Waals surface area contributed by atoms with Crippen LogP contribution in [0.5, 0.6) is 0 Å². The van der Waals surface area contributed by atoms with Crippen LogP contribution in [0.3, 0.4) is 0 Å². The van der Waals surface area contributed by atoms with Gasteiger partial charge in [0.05, 0.1) is 17.0 Å². The number of anilines is 6. The van der Waals surface area contributed by atoms with E-state index in [1.165, 1.54) is 120 Å².